The lowest BCUT2D eigenvalue weighted by atomic mass is 10.1. The minimum Gasteiger partial charge on any atom is -0.478 e. The van der Waals surface area contributed by atoms with E-state index in [0.717, 1.165) is 25.0 Å². The van der Waals surface area contributed by atoms with Crippen LogP contribution in [0.3, 0.4) is 0 Å². The maximum absolute atomic E-state index is 10.8. The Bertz CT molecular complexity index is 416. The zero-order valence-electron chi connectivity index (χ0n) is 11.2. The van der Waals surface area contributed by atoms with Gasteiger partial charge in [0.25, 0.3) is 5.70 Å². The van der Waals surface area contributed by atoms with Crippen LogP contribution >= 0.6 is 0 Å². The van der Waals surface area contributed by atoms with E-state index in [0.29, 0.717) is 18.9 Å². The van der Waals surface area contributed by atoms with Gasteiger partial charge in [-0.3, -0.25) is 20.2 Å². The van der Waals surface area contributed by atoms with Crippen LogP contribution < -0.4 is 0 Å². The Morgan fingerprint density at radius 3 is 2.35 bits per heavy atom. The first-order valence-corrected chi connectivity index (χ1v) is 6.27. The van der Waals surface area contributed by atoms with Gasteiger partial charge in [-0.05, 0) is 6.42 Å². The second-order valence-electron chi connectivity index (χ2n) is 4.23. The van der Waals surface area contributed by atoms with Crippen LogP contribution in [-0.4, -0.2) is 27.0 Å². The highest BCUT2D eigenvalue weighted by molar-refractivity contribution is 5.80. The van der Waals surface area contributed by atoms with Crippen molar-refractivity contribution < 1.29 is 19.7 Å². The number of aliphatic carboxylic acids is 1. The monoisotopic (exact) mass is 286 g/mol. The maximum atomic E-state index is 10.8. The smallest absolute Gasteiger partial charge is 0.328 e. The molecule has 0 rings (SSSR count). The van der Waals surface area contributed by atoms with Crippen LogP contribution in [0.4, 0.5) is 0 Å². The minimum atomic E-state index is -1.31. The number of unbranched alkanes of at least 4 members (excludes halogenated alkanes) is 2. The maximum Gasteiger partial charge on any atom is 0.328 e. The number of carboxylic acid groups (broad SMARTS) is 1. The van der Waals surface area contributed by atoms with E-state index in [9.17, 15) is 25.0 Å². The van der Waals surface area contributed by atoms with Crippen molar-refractivity contribution in [2.45, 2.75) is 45.1 Å². The summed E-state index contributed by atoms with van der Waals surface area (Å²) in [5, 5.41) is 29.9. The van der Waals surface area contributed by atoms with Crippen LogP contribution in [0.15, 0.2) is 23.9 Å². The van der Waals surface area contributed by atoms with Crippen molar-refractivity contribution in [3.8, 4) is 0 Å². The summed E-state index contributed by atoms with van der Waals surface area (Å²) in [5.74, 6) is -1.31. The molecule has 0 bridgehead atoms. The number of hydrogen-bond acceptors (Lipinski definition) is 5. The van der Waals surface area contributed by atoms with Crippen molar-refractivity contribution in [2.75, 3.05) is 0 Å². The van der Waals surface area contributed by atoms with Crippen LogP contribution in [0, 0.1) is 20.2 Å². The lowest BCUT2D eigenvalue weighted by Gasteiger charge is -2.06. The number of carbonyl (C=O) groups is 1. The van der Waals surface area contributed by atoms with Crippen molar-refractivity contribution in [1.82, 2.24) is 0 Å². The first-order chi connectivity index (χ1) is 9.38. The third-order valence-corrected chi connectivity index (χ3v) is 2.65. The summed E-state index contributed by atoms with van der Waals surface area (Å²) in [7, 11) is 0. The number of nitrogens with zero attached hydrogens (tertiary/aromatic N) is 2. The molecule has 0 amide bonds. The molecular formula is C12H18N2O6. The average molecular weight is 286 g/mol. The van der Waals surface area contributed by atoms with E-state index in [4.69, 9.17) is 5.11 Å². The molecule has 0 aromatic heterocycles. The van der Waals surface area contributed by atoms with Gasteiger partial charge in [-0.2, -0.15) is 0 Å². The topological polar surface area (TPSA) is 124 Å². The van der Waals surface area contributed by atoms with Gasteiger partial charge in [0, 0.05) is 36.0 Å². The summed E-state index contributed by atoms with van der Waals surface area (Å²) >= 11 is 0. The fourth-order valence-electron chi connectivity index (χ4n) is 1.56. The summed E-state index contributed by atoms with van der Waals surface area (Å²) in [5.41, 5.74) is -0.449. The Balaban J connectivity index is 4.73. The van der Waals surface area contributed by atoms with E-state index < -0.39 is 27.6 Å². The molecule has 0 saturated heterocycles. The standard InChI is InChI=1S/C12H18N2O6/c1-2-3-4-5-10(13(17)18)6-7-11(14(19)20)8-9-12(15)16/h7-10H,2-6H2,1H3,(H,15,16)/b9-8+,11-7-. The van der Waals surface area contributed by atoms with Crippen LogP contribution in [0.5, 0.6) is 0 Å². The van der Waals surface area contributed by atoms with Gasteiger partial charge in [0.05, 0.1) is 4.92 Å². The molecule has 1 unspecified atom stereocenters. The Morgan fingerprint density at radius 1 is 1.25 bits per heavy atom. The number of rotatable bonds is 10. The third kappa shape index (κ3) is 7.96. The number of hydrogen-bond donors (Lipinski definition) is 1. The zero-order valence-corrected chi connectivity index (χ0v) is 11.2. The molecule has 1 N–H and O–H groups in total. The Kier molecular flexibility index (Phi) is 8.56. The average Bonchev–Trinajstić information content (AvgIpc) is 2.35. The molecule has 112 valence electrons. The van der Waals surface area contributed by atoms with Crippen molar-refractivity contribution in [3.05, 3.63) is 44.2 Å². The Labute approximate surface area is 116 Å². The Morgan fingerprint density at radius 2 is 1.90 bits per heavy atom. The second-order valence-corrected chi connectivity index (χ2v) is 4.23. The van der Waals surface area contributed by atoms with E-state index in [2.05, 4.69) is 0 Å². The lowest BCUT2D eigenvalue weighted by Crippen LogP contribution is -2.18. The third-order valence-electron chi connectivity index (χ3n) is 2.65. The van der Waals surface area contributed by atoms with E-state index >= 15 is 0 Å². The van der Waals surface area contributed by atoms with Gasteiger partial charge in [-0.1, -0.05) is 19.8 Å². The summed E-state index contributed by atoms with van der Waals surface area (Å²) in [6, 6.07) is -0.880. The highest BCUT2D eigenvalue weighted by atomic mass is 16.6. The molecule has 20 heavy (non-hydrogen) atoms. The molecule has 0 fully saturated rings. The van der Waals surface area contributed by atoms with E-state index in [1.807, 2.05) is 6.92 Å². The molecule has 0 spiro atoms. The minimum absolute atomic E-state index is 0.0863. The van der Waals surface area contributed by atoms with Gasteiger partial charge in [-0.25, -0.2) is 4.79 Å². The Hall–Kier alpha value is -2.25. The largest absolute Gasteiger partial charge is 0.478 e. The molecular weight excluding hydrogens is 268 g/mol. The molecule has 0 radical (unpaired) electrons. The summed E-state index contributed by atoms with van der Waals surface area (Å²) in [4.78, 5) is 30.6. The molecule has 0 aromatic rings. The fraction of sp³-hybridized carbons (Fsp3) is 0.583. The van der Waals surface area contributed by atoms with Gasteiger partial charge in [-0.15, -0.1) is 0 Å². The normalized spacial score (nSPS) is 13.3. The lowest BCUT2D eigenvalue weighted by molar-refractivity contribution is -0.523. The number of allylic oxidation sites excluding steroid dienone is 1. The van der Waals surface area contributed by atoms with Crippen molar-refractivity contribution >= 4 is 5.97 Å². The molecule has 0 heterocycles. The first-order valence-electron chi connectivity index (χ1n) is 6.27. The fourth-order valence-corrected chi connectivity index (χ4v) is 1.56. The van der Waals surface area contributed by atoms with E-state index in [1.165, 1.54) is 0 Å². The van der Waals surface area contributed by atoms with Gasteiger partial charge in [0.1, 0.15) is 0 Å². The van der Waals surface area contributed by atoms with Crippen LogP contribution in [-0.2, 0) is 4.79 Å². The van der Waals surface area contributed by atoms with E-state index in [-0.39, 0.29) is 6.42 Å². The molecule has 8 nitrogen and oxygen atoms in total. The molecule has 8 heteroatoms. The predicted molar refractivity (Wildman–Crippen MR) is 71.4 cm³/mol. The molecule has 0 aliphatic rings. The zero-order chi connectivity index (χ0) is 15.5. The van der Waals surface area contributed by atoms with Gasteiger partial charge >= 0.3 is 5.97 Å². The molecule has 1 atom stereocenters. The number of nitro groups is 2. The highest BCUT2D eigenvalue weighted by Crippen LogP contribution is 2.12. The second kappa shape index (κ2) is 9.65. The quantitative estimate of drug-likeness (QED) is 0.216. The van der Waals surface area contributed by atoms with Gasteiger partial charge in [0.15, 0.2) is 0 Å². The van der Waals surface area contributed by atoms with Crippen molar-refractivity contribution in [1.29, 1.82) is 0 Å². The van der Waals surface area contributed by atoms with Crippen molar-refractivity contribution in [3.63, 3.8) is 0 Å². The van der Waals surface area contributed by atoms with Gasteiger partial charge < -0.3 is 5.11 Å². The molecule has 0 saturated carbocycles. The predicted octanol–water partition coefficient (Wildman–Crippen LogP) is 2.40. The first kappa shape index (κ1) is 17.8. The summed E-state index contributed by atoms with van der Waals surface area (Å²) in [6.45, 7) is 1.97. The van der Waals surface area contributed by atoms with E-state index in [1.54, 1.807) is 0 Å². The highest BCUT2D eigenvalue weighted by Gasteiger charge is 2.19. The summed E-state index contributed by atoms with van der Waals surface area (Å²) < 4.78 is 0. The molecule has 0 aliphatic carbocycles. The van der Waals surface area contributed by atoms with Crippen LogP contribution in [0.1, 0.15) is 39.0 Å². The summed E-state index contributed by atoms with van der Waals surface area (Å²) in [6.07, 6.45) is 5.31. The SMILES string of the molecule is CCCCCC(C/C=C(/C=C/C(=O)O)[N+](=O)[O-])[N+](=O)[O-]. The van der Waals surface area contributed by atoms with Crippen LogP contribution in [0.25, 0.3) is 0 Å². The van der Waals surface area contributed by atoms with Crippen molar-refractivity contribution in [2.24, 2.45) is 0 Å². The molecule has 0 aromatic carbocycles. The van der Waals surface area contributed by atoms with Gasteiger partial charge in [0.2, 0.25) is 6.04 Å². The van der Waals surface area contributed by atoms with Crippen LogP contribution in [0.2, 0.25) is 0 Å². The number of carboxylic acids is 1. The molecule has 0 aliphatic heterocycles.